The summed E-state index contributed by atoms with van der Waals surface area (Å²) in [7, 11) is -3.71. The van der Waals surface area contributed by atoms with Crippen molar-refractivity contribution in [3.63, 3.8) is 0 Å². The zero-order chi connectivity index (χ0) is 38.4. The van der Waals surface area contributed by atoms with E-state index in [1.165, 1.54) is 22.5 Å². The third kappa shape index (κ3) is 15.1. The van der Waals surface area contributed by atoms with Gasteiger partial charge in [-0.25, -0.2) is 4.79 Å². The van der Waals surface area contributed by atoms with Crippen LogP contribution in [0.5, 0.6) is 5.75 Å². The van der Waals surface area contributed by atoms with Gasteiger partial charge in [0.15, 0.2) is 0 Å². The Morgan fingerprint density at radius 2 is 1.84 bits per heavy atom. The van der Waals surface area contributed by atoms with Crippen LogP contribution in [-0.4, -0.2) is 89.7 Å². The molecule has 1 atom stereocenters. The number of aliphatic carboxylic acids is 1. The fourth-order valence-corrected chi connectivity index (χ4v) is 5.08. The maximum atomic E-state index is 12.5. The predicted molar refractivity (Wildman–Crippen MR) is 198 cm³/mol. The first-order valence-corrected chi connectivity index (χ1v) is 20.8. The topological polar surface area (TPSA) is 233 Å². The molecule has 0 radical (unpaired) electrons. The summed E-state index contributed by atoms with van der Waals surface area (Å²) in [4.78, 5) is 52.0. The number of nitrogens with two attached hydrogens (primary N) is 1. The maximum Gasteiger partial charge on any atom is 0.350 e. The molecule has 0 bridgehead atoms. The number of hydrogen-bond donors (Lipinski definition) is 4. The molecule has 1 unspecified atom stereocenters. The highest BCUT2D eigenvalue weighted by molar-refractivity contribution is 7.98. The van der Waals surface area contributed by atoms with Crippen LogP contribution in [0.1, 0.15) is 45.1 Å². The largest absolute Gasteiger partial charge is 0.778 e. The Morgan fingerprint density at radius 1 is 1.22 bits per heavy atom. The summed E-state index contributed by atoms with van der Waals surface area (Å²) in [6.45, 7) is 5.98. The minimum absolute atomic E-state index is 0.0788. The van der Waals surface area contributed by atoms with Crippen molar-refractivity contribution in [2.24, 2.45) is 0 Å². The summed E-state index contributed by atoms with van der Waals surface area (Å²) in [5.41, 5.74) is 0.00348. The van der Waals surface area contributed by atoms with Crippen molar-refractivity contribution in [3.8, 4) is 23.8 Å². The number of fused-ring (bicyclic) bond motifs is 1. The number of aromatic nitrogens is 6. The SMILES string of the molecule is C#CCOc1cc(-n2nc3n(c2=O)CCCC3)c(Cl)cc1Cl.CSc1nnc(C(C)(C)C)c(=O)n1N.C[S+](C)C.O=C(O)CNCP(=O)([O-])O. The molecule has 1 aliphatic heterocycles. The summed E-state index contributed by atoms with van der Waals surface area (Å²) in [6.07, 6.45) is 15.6. The smallest absolute Gasteiger partial charge is 0.350 e. The molecule has 1 aliphatic rings. The van der Waals surface area contributed by atoms with E-state index in [0.29, 0.717) is 49.8 Å². The first-order valence-electron chi connectivity index (χ1n) is 14.6. The van der Waals surface area contributed by atoms with Gasteiger partial charge in [-0.05, 0) is 36.1 Å². The van der Waals surface area contributed by atoms with Gasteiger partial charge >= 0.3 is 11.7 Å². The highest BCUT2D eigenvalue weighted by Gasteiger charge is 2.23. The van der Waals surface area contributed by atoms with Crippen LogP contribution in [0, 0.1) is 12.3 Å². The van der Waals surface area contributed by atoms with Gasteiger partial charge in [0.2, 0.25) is 5.16 Å². The van der Waals surface area contributed by atoms with Crippen molar-refractivity contribution in [2.45, 2.75) is 57.1 Å². The monoisotopic (exact) mass is 796 g/mol. The molecule has 1 aromatic carbocycles. The van der Waals surface area contributed by atoms with Crippen LogP contribution in [0.4, 0.5) is 0 Å². The second kappa shape index (κ2) is 20.7. The number of ether oxygens (including phenoxy) is 1. The van der Waals surface area contributed by atoms with Gasteiger partial charge in [-0.1, -0.05) is 61.7 Å². The molecule has 2 aromatic heterocycles. The number of nitrogens with zero attached hydrogens (tertiary/aromatic N) is 6. The van der Waals surface area contributed by atoms with Gasteiger partial charge in [-0.3, -0.25) is 19.5 Å². The minimum atomic E-state index is -4.35. The lowest BCUT2D eigenvalue weighted by atomic mass is 9.93. The lowest BCUT2D eigenvalue weighted by molar-refractivity contribution is -0.193. The zero-order valence-electron chi connectivity index (χ0n) is 28.8. The van der Waals surface area contributed by atoms with Crippen LogP contribution < -0.4 is 32.0 Å². The molecule has 0 fully saturated rings. The lowest BCUT2D eigenvalue weighted by Gasteiger charge is -2.16. The van der Waals surface area contributed by atoms with Crippen molar-refractivity contribution in [1.29, 1.82) is 0 Å². The Balaban J connectivity index is 0.000000384. The van der Waals surface area contributed by atoms with Gasteiger partial charge in [0.05, 0.1) is 47.3 Å². The normalized spacial score (nSPS) is 13.2. The molecule has 0 spiro atoms. The number of hydrogen-bond acceptors (Lipinski definition) is 12. The number of rotatable bonds is 8. The molecule has 0 saturated heterocycles. The molecule has 3 aromatic rings. The Bertz CT molecular complexity index is 1800. The zero-order valence-corrected chi connectivity index (χ0v) is 32.8. The van der Waals surface area contributed by atoms with Crippen molar-refractivity contribution < 1.29 is 29.0 Å². The molecule has 50 heavy (non-hydrogen) atoms. The summed E-state index contributed by atoms with van der Waals surface area (Å²) in [5, 5.41) is 23.2. The Morgan fingerprint density at radius 3 is 2.34 bits per heavy atom. The number of carboxylic acids is 1. The molecule has 21 heteroatoms. The molecule has 5 N–H and O–H groups in total. The van der Waals surface area contributed by atoms with E-state index in [1.54, 1.807) is 16.9 Å². The van der Waals surface area contributed by atoms with Crippen molar-refractivity contribution in [1.82, 2.24) is 34.5 Å². The van der Waals surface area contributed by atoms with Crippen LogP contribution in [0.3, 0.4) is 0 Å². The molecular weight excluding hydrogens is 754 g/mol. The van der Waals surface area contributed by atoms with E-state index < -0.39 is 26.4 Å². The molecule has 278 valence electrons. The summed E-state index contributed by atoms with van der Waals surface area (Å²) < 4.78 is 19.3. The number of halogens is 2. The molecular formula is C29H43Cl2N8O8PS2. The van der Waals surface area contributed by atoms with E-state index in [0.717, 1.165) is 29.8 Å². The van der Waals surface area contributed by atoms with Gasteiger partial charge in [-0.2, -0.15) is 9.36 Å². The van der Waals surface area contributed by atoms with Crippen LogP contribution in [0.25, 0.3) is 5.69 Å². The average molecular weight is 798 g/mol. The highest BCUT2D eigenvalue weighted by Crippen LogP contribution is 2.33. The number of nitrogens with one attached hydrogen (secondary N) is 1. The molecule has 0 saturated carbocycles. The average Bonchev–Trinajstić information content (AvgIpc) is 3.33. The van der Waals surface area contributed by atoms with Gasteiger partial charge in [0.1, 0.15) is 31.5 Å². The first kappa shape index (κ1) is 45.0. The molecule has 16 nitrogen and oxygen atoms in total. The van der Waals surface area contributed by atoms with Crippen LogP contribution >= 0.6 is 42.6 Å². The summed E-state index contributed by atoms with van der Waals surface area (Å²) in [6, 6.07) is 3.11. The molecule has 0 amide bonds. The Kier molecular flexibility index (Phi) is 18.7. The molecule has 4 rings (SSSR count). The van der Waals surface area contributed by atoms with Gasteiger partial charge in [-0.15, -0.1) is 21.7 Å². The quantitative estimate of drug-likeness (QED) is 0.0836. The molecule has 3 heterocycles. The van der Waals surface area contributed by atoms with Crippen LogP contribution in [-0.2, 0) is 38.6 Å². The highest BCUT2D eigenvalue weighted by atomic mass is 35.5. The second-order valence-corrected chi connectivity index (χ2v) is 17.4. The lowest BCUT2D eigenvalue weighted by Crippen LogP contribution is -2.37. The Labute approximate surface area is 307 Å². The number of benzene rings is 1. The summed E-state index contributed by atoms with van der Waals surface area (Å²) in [5.74, 6) is 7.91. The minimum Gasteiger partial charge on any atom is -0.778 e. The fraction of sp³-hybridized carbons (Fsp3) is 0.517. The predicted octanol–water partition coefficient (Wildman–Crippen LogP) is 1.72. The van der Waals surface area contributed by atoms with Crippen molar-refractivity contribution in [3.05, 3.63) is 54.5 Å². The number of aryl methyl sites for hydroxylation is 1. The van der Waals surface area contributed by atoms with Crippen LogP contribution in [0.2, 0.25) is 10.0 Å². The first-order chi connectivity index (χ1) is 23.1. The van der Waals surface area contributed by atoms with E-state index >= 15 is 0 Å². The van der Waals surface area contributed by atoms with E-state index in [1.807, 2.05) is 26.1 Å². The molecule has 0 aliphatic carbocycles. The number of thioether (sulfide) groups is 1. The van der Waals surface area contributed by atoms with Crippen LogP contribution in [0.15, 0.2) is 26.9 Å². The number of nitrogen functional groups attached to an aromatic ring is 1. The van der Waals surface area contributed by atoms with Crippen molar-refractivity contribution in [2.75, 3.05) is 50.3 Å². The fourth-order valence-electron chi connectivity index (χ4n) is 3.77. The van der Waals surface area contributed by atoms with Gasteiger partial charge in [0, 0.05) is 24.4 Å². The van der Waals surface area contributed by atoms with E-state index in [4.69, 9.17) is 50.2 Å². The number of carbonyl (C=O) groups is 1. The third-order valence-corrected chi connectivity index (χ3v) is 7.72. The standard InChI is InChI=1S/C15H13Cl2N3O2.C8H14N4OS.C3H8NO5P.C3H9S/c1-2-7-22-13-9-12(10(16)8-11(13)17)20-15(21)19-6-4-3-5-14(19)18-20;1-8(2,3)5-6(13)12(9)7(14-4)11-10-5;5-3(6)1-4-2-10(7,8)9;1-4(2)3/h1,8-9H,3-7H2;9H2,1-4H3;4H,1-2H2,(H,5,6)(H2,7,8,9);1-3H3/q;;;+1/p-1. The van der Waals surface area contributed by atoms with Gasteiger partial charge < -0.3 is 30.0 Å². The number of terminal acetylenes is 1. The summed E-state index contributed by atoms with van der Waals surface area (Å²) >= 11 is 13.6. The third-order valence-electron chi connectivity index (χ3n) is 5.86. The second-order valence-electron chi connectivity index (χ2n) is 11.7. The Hall–Kier alpha value is -3.01. The van der Waals surface area contributed by atoms with E-state index in [2.05, 4.69) is 40.0 Å². The van der Waals surface area contributed by atoms with Gasteiger partial charge in [0.25, 0.3) is 5.56 Å². The maximum absolute atomic E-state index is 12.5. The van der Waals surface area contributed by atoms with E-state index in [-0.39, 0.29) is 23.3 Å². The van der Waals surface area contributed by atoms with E-state index in [9.17, 15) is 23.8 Å². The number of carboxylic acid groups (broad SMARTS) is 1. The van der Waals surface area contributed by atoms with Crippen molar-refractivity contribution >= 4 is 59.4 Å².